The summed E-state index contributed by atoms with van der Waals surface area (Å²) in [7, 11) is 2.08. The summed E-state index contributed by atoms with van der Waals surface area (Å²) in [4.78, 5) is 37.9. The number of nitrogen functional groups attached to an aromatic ring is 2. The van der Waals surface area contributed by atoms with Crippen molar-refractivity contribution in [3.63, 3.8) is 0 Å². The first-order chi connectivity index (χ1) is 43.3. The molecule has 8 saturated heterocycles. The Hall–Kier alpha value is -6.84. The summed E-state index contributed by atoms with van der Waals surface area (Å²) in [5.41, 5.74) is 7.79. The van der Waals surface area contributed by atoms with E-state index in [1.807, 2.05) is 0 Å². The molecule has 5 N–H and O–H groups in total. The summed E-state index contributed by atoms with van der Waals surface area (Å²) in [5.74, 6) is -1.74. The fraction of sp³-hybridized carbons (Fsp3) is 0.524. The highest BCUT2D eigenvalue weighted by atomic mass is 35.5. The van der Waals surface area contributed by atoms with Crippen LogP contribution in [-0.4, -0.2) is 165 Å². The van der Waals surface area contributed by atoms with E-state index < -0.39 is 57.6 Å². The lowest BCUT2D eigenvalue weighted by Crippen LogP contribution is -2.60. The standard InChI is InChI=1S/C32H34ClF4N7O2.C31H32ClF4N7O2/c1-15-10-31(7-4-8-43(31)11-15)14-46-30-40-27-22-28(45-13-19-18-6-5-17(42(18)3)12-44(19)29(22)41-30)24(33)21(25(27)34)26-23(32(35,36)37)16(2)9-20(38)39-26;1-14-9-30(6-3-7-42(30)10-14)13-45-29-40-26-21-27(44-12-18-17-5-4-16(38-17)11-43(18)28(21)41-29)23(32)20(24(26)33)25-22(31(34,35)36)15(2)8-19(37)39-25/h9,17-19H,1,4-8,10-14H2,2-3H3,(H2,38,39);8,16-18,38H,1,3-7,9-13H2,2H3,(H2,37,39)/t17-,18+,19-,31+;16-,17+,18-,30+/m11/s1. The van der Waals surface area contributed by atoms with Gasteiger partial charge >= 0.3 is 24.4 Å². The van der Waals surface area contributed by atoms with Gasteiger partial charge < -0.3 is 45.5 Å². The first kappa shape index (κ1) is 60.4. The van der Waals surface area contributed by atoms with E-state index in [1.165, 1.54) is 13.8 Å². The van der Waals surface area contributed by atoms with E-state index >= 15 is 8.78 Å². The first-order valence-electron chi connectivity index (χ1n) is 30.8. The van der Waals surface area contributed by atoms with Crippen LogP contribution in [-0.2, 0) is 12.4 Å². The molecule has 8 fully saturated rings. The summed E-state index contributed by atoms with van der Waals surface area (Å²) in [6.07, 6.45) is -0.458. The number of fused-ring (bicyclic) bond motifs is 12. The van der Waals surface area contributed by atoms with E-state index in [-0.39, 0.29) is 152 Å². The van der Waals surface area contributed by atoms with Gasteiger partial charge in [-0.1, -0.05) is 47.5 Å². The Kier molecular flexibility index (Phi) is 14.3. The van der Waals surface area contributed by atoms with Crippen LogP contribution in [0.15, 0.2) is 36.4 Å². The maximum Gasteiger partial charge on any atom is 0.418 e. The van der Waals surface area contributed by atoms with Gasteiger partial charge in [-0.3, -0.25) is 14.7 Å². The predicted octanol–water partition coefficient (Wildman–Crippen LogP) is 10.9. The molecule has 0 amide bonds. The maximum atomic E-state index is 17.0. The van der Waals surface area contributed by atoms with Crippen LogP contribution < -0.4 is 45.5 Å². The number of rotatable bonds is 8. The summed E-state index contributed by atoms with van der Waals surface area (Å²) < 4.78 is 146. The topological polar surface area (TPSA) is 195 Å². The molecule has 10 aliphatic heterocycles. The summed E-state index contributed by atoms with van der Waals surface area (Å²) >= 11 is 13.7. The normalized spacial score (nSPS) is 27.5. The lowest BCUT2D eigenvalue weighted by atomic mass is 9.94. The predicted molar refractivity (Wildman–Crippen MR) is 327 cm³/mol. The number of pyridine rings is 2. The zero-order valence-electron chi connectivity index (χ0n) is 50.2. The van der Waals surface area contributed by atoms with E-state index in [2.05, 4.69) is 70.0 Å². The fourth-order valence-corrected chi connectivity index (χ4v) is 17.5. The molecule has 0 spiro atoms. The zero-order chi connectivity index (χ0) is 63.7. The molecular weight excluding hydrogens is 1240 g/mol. The van der Waals surface area contributed by atoms with Gasteiger partial charge in [0.1, 0.15) is 60.7 Å². The summed E-state index contributed by atoms with van der Waals surface area (Å²) in [5, 5.41) is 3.33. The number of likely N-dealkylation sites (N-methyl/N-ethyl adjacent to an activating group) is 1. The van der Waals surface area contributed by atoms with Crippen molar-refractivity contribution in [3.05, 3.63) is 80.4 Å². The minimum absolute atomic E-state index is 0.0116. The third kappa shape index (κ3) is 9.74. The average molecular weight is 1310 g/mol. The SMILES string of the molecule is C=C1CN2CCC[C@@]2(COc2nc3c4c(c(Cl)c(-c5nc(N)cc(C)c5C(F)(F)F)c(F)c4n2)OC[C@@H]2[C@@H]4CC[C@H](CN32)N4)C1.C=C1CN2CCC[C@@]2(COc2nc3c4c(c(Cl)c(-c5nc(N)cc(C)c5C(F)(F)F)c(F)c4n2)OC[C@@H]2[C@@H]4CC[C@H](CN32)N4C)C1. The van der Waals surface area contributed by atoms with Gasteiger partial charge in [0.25, 0.3) is 0 Å². The summed E-state index contributed by atoms with van der Waals surface area (Å²) in [6, 6.07) is 2.41. The zero-order valence-corrected chi connectivity index (χ0v) is 51.7. The van der Waals surface area contributed by atoms with E-state index in [0.29, 0.717) is 24.7 Å². The van der Waals surface area contributed by atoms with Crippen LogP contribution in [0.2, 0.25) is 10.0 Å². The van der Waals surface area contributed by atoms with E-state index in [0.717, 1.165) is 114 Å². The monoisotopic (exact) mass is 1300 g/mol. The van der Waals surface area contributed by atoms with Crippen LogP contribution in [0.25, 0.3) is 44.3 Å². The number of nitrogens with two attached hydrogens (primary N) is 2. The van der Waals surface area contributed by atoms with Gasteiger partial charge in [-0.15, -0.1) is 0 Å². The van der Waals surface area contributed by atoms with Gasteiger partial charge in [0.15, 0.2) is 23.1 Å². The second kappa shape index (κ2) is 21.6. The number of alkyl halides is 6. The first-order valence-corrected chi connectivity index (χ1v) is 31.6. The number of hydrogen-bond donors (Lipinski definition) is 3. The van der Waals surface area contributed by atoms with Crippen LogP contribution in [0.5, 0.6) is 23.5 Å². The van der Waals surface area contributed by atoms with Crippen molar-refractivity contribution in [3.8, 4) is 46.0 Å². The summed E-state index contributed by atoms with van der Waals surface area (Å²) in [6.45, 7) is 16.4. The van der Waals surface area contributed by atoms with Crippen LogP contribution in [0.1, 0.15) is 86.5 Å². The molecule has 4 bridgehead atoms. The van der Waals surface area contributed by atoms with Crippen molar-refractivity contribution in [2.75, 3.05) is 94.0 Å². The van der Waals surface area contributed by atoms with Crippen molar-refractivity contribution < 1.29 is 54.1 Å². The van der Waals surface area contributed by atoms with E-state index in [1.54, 1.807) is 0 Å². The Morgan fingerprint density at radius 1 is 0.659 bits per heavy atom. The van der Waals surface area contributed by atoms with E-state index in [4.69, 9.17) is 63.6 Å². The van der Waals surface area contributed by atoms with Crippen molar-refractivity contribution in [1.29, 1.82) is 0 Å². The van der Waals surface area contributed by atoms with E-state index in [9.17, 15) is 26.3 Å². The number of halogens is 10. The van der Waals surface area contributed by atoms with Crippen LogP contribution in [0.3, 0.4) is 0 Å². The third-order valence-corrected chi connectivity index (χ3v) is 21.6. The minimum atomic E-state index is -4.87. The van der Waals surface area contributed by atoms with Gasteiger partial charge in [0.05, 0.1) is 77.6 Å². The fourth-order valence-electron chi connectivity index (χ4n) is 16.9. The smallest absolute Gasteiger partial charge is 0.418 e. The Balaban J connectivity index is 0.000000151. The molecule has 8 atom stereocenters. The second-order valence-electron chi connectivity index (χ2n) is 26.4. The molecule has 0 unspecified atom stereocenters. The molecular formula is C63H66Cl2F8N14O4. The Morgan fingerprint density at radius 3 is 1.64 bits per heavy atom. The van der Waals surface area contributed by atoms with Gasteiger partial charge in [-0.25, -0.2) is 18.7 Å². The average Bonchev–Trinajstić information content (AvgIpc) is 0.900. The number of aryl methyl sites for hydroxylation is 2. The van der Waals surface area contributed by atoms with Crippen LogP contribution in [0, 0.1) is 25.5 Å². The largest absolute Gasteiger partial charge is 0.489 e. The molecule has 16 rings (SSSR count). The van der Waals surface area contributed by atoms with Gasteiger partial charge in [0, 0.05) is 50.3 Å². The highest BCUT2D eigenvalue weighted by Crippen LogP contribution is 2.55. The van der Waals surface area contributed by atoms with Crippen molar-refractivity contribution in [2.24, 2.45) is 0 Å². The molecule has 14 heterocycles. The maximum absolute atomic E-state index is 17.0. The number of ether oxygens (including phenoxy) is 4. The highest BCUT2D eigenvalue weighted by Gasteiger charge is 2.52. The Labute approximate surface area is 528 Å². The molecule has 28 heteroatoms. The number of nitrogens with zero attached hydrogens (tertiary/aromatic N) is 11. The third-order valence-electron chi connectivity index (χ3n) is 20.9. The molecule has 10 aliphatic rings. The lowest BCUT2D eigenvalue weighted by molar-refractivity contribution is -0.138. The molecule has 18 nitrogen and oxygen atoms in total. The lowest BCUT2D eigenvalue weighted by Gasteiger charge is -2.45. The van der Waals surface area contributed by atoms with Crippen molar-refractivity contribution in [1.82, 2.24) is 49.9 Å². The number of piperazine rings is 2. The number of hydrogen-bond acceptors (Lipinski definition) is 18. The van der Waals surface area contributed by atoms with Crippen LogP contribution >= 0.6 is 23.2 Å². The van der Waals surface area contributed by atoms with Gasteiger partial charge in [0.2, 0.25) is 0 Å². The molecule has 0 aliphatic carbocycles. The molecule has 0 radical (unpaired) electrons. The van der Waals surface area contributed by atoms with Crippen molar-refractivity contribution >= 4 is 68.3 Å². The number of benzene rings is 2. The second-order valence-corrected chi connectivity index (χ2v) is 27.2. The molecule has 2 aromatic carbocycles. The number of anilines is 4. The van der Waals surface area contributed by atoms with Crippen molar-refractivity contribution in [2.45, 2.75) is 138 Å². The Morgan fingerprint density at radius 2 is 1.14 bits per heavy atom. The quantitative estimate of drug-likeness (QED) is 0.0961. The molecule has 6 aromatic rings. The molecule has 0 saturated carbocycles. The Bertz CT molecular complexity index is 4090. The van der Waals surface area contributed by atoms with Crippen LogP contribution in [0.4, 0.5) is 58.4 Å². The van der Waals surface area contributed by atoms with Gasteiger partial charge in [-0.2, -0.15) is 46.3 Å². The minimum Gasteiger partial charge on any atom is -0.489 e. The number of aromatic nitrogens is 6. The molecule has 4 aromatic heterocycles. The number of nitrogens with one attached hydrogen (secondary N) is 1. The van der Waals surface area contributed by atoms with Gasteiger partial charge in [-0.05, 0) is 121 Å². The molecule has 482 valence electrons. The molecule has 91 heavy (non-hydrogen) atoms. The highest BCUT2D eigenvalue weighted by molar-refractivity contribution is 6.37.